The van der Waals surface area contributed by atoms with E-state index in [9.17, 15) is 9.59 Å². The van der Waals surface area contributed by atoms with E-state index in [1.165, 1.54) is 12.5 Å². The highest BCUT2D eigenvalue weighted by Gasteiger charge is 2.35. The second kappa shape index (κ2) is 13.3. The van der Waals surface area contributed by atoms with Crippen molar-refractivity contribution >= 4 is 11.8 Å². The van der Waals surface area contributed by atoms with Crippen LogP contribution in [-0.2, 0) is 27.4 Å². The Bertz CT molecular complexity index is 1270. The monoisotopic (exact) mass is 530 g/mol. The Morgan fingerprint density at radius 2 is 1.77 bits per heavy atom. The summed E-state index contributed by atoms with van der Waals surface area (Å²) in [6, 6.07) is 17.8. The number of hydrogen-bond donors (Lipinski definition) is 3. The molecule has 0 bridgehead atoms. The molecule has 0 aliphatic heterocycles. The molecule has 39 heavy (non-hydrogen) atoms. The minimum absolute atomic E-state index is 0.0155. The number of rotatable bonds is 11. The molecule has 0 spiro atoms. The summed E-state index contributed by atoms with van der Waals surface area (Å²) in [5.41, 5.74) is 11.0. The number of nitrogens with one attached hydrogen (secondary N) is 2. The van der Waals surface area contributed by atoms with Gasteiger partial charge in [-0.15, -0.1) is 5.10 Å². The van der Waals surface area contributed by atoms with Gasteiger partial charge < -0.3 is 21.1 Å². The van der Waals surface area contributed by atoms with Crippen molar-refractivity contribution in [1.29, 1.82) is 0 Å². The molecule has 3 aromatic rings. The molecule has 3 atom stereocenters. The lowest BCUT2D eigenvalue weighted by Gasteiger charge is -2.36. The third kappa shape index (κ3) is 7.61. The summed E-state index contributed by atoms with van der Waals surface area (Å²) in [5, 5.41) is 14.3. The molecule has 9 heteroatoms. The second-order valence-corrected chi connectivity index (χ2v) is 9.98. The molecule has 1 aliphatic carbocycles. The van der Waals surface area contributed by atoms with Gasteiger partial charge in [0.15, 0.2) is 0 Å². The summed E-state index contributed by atoms with van der Waals surface area (Å²) in [4.78, 5) is 24.8. The highest BCUT2D eigenvalue weighted by Crippen LogP contribution is 2.24. The van der Waals surface area contributed by atoms with E-state index < -0.39 is 12.1 Å². The molecule has 2 amide bonds. The number of carbonyl (C=O) groups excluding carboxylic acids is 2. The van der Waals surface area contributed by atoms with Gasteiger partial charge in [0.2, 0.25) is 11.8 Å². The zero-order valence-corrected chi connectivity index (χ0v) is 22.8. The SMILES string of the molecule is CCC(CC)O[C@@H]1C=C(C(=O)NCc2cn(Cc3ccc(-c4ccccc4)cc3)nn2)C[C@H](N)[C@H]1NC(C)=O. The van der Waals surface area contributed by atoms with E-state index in [0.717, 1.165) is 24.0 Å². The van der Waals surface area contributed by atoms with Crippen molar-refractivity contribution in [2.45, 2.75) is 77.4 Å². The smallest absolute Gasteiger partial charge is 0.247 e. The van der Waals surface area contributed by atoms with Crippen molar-refractivity contribution in [2.75, 3.05) is 0 Å². The van der Waals surface area contributed by atoms with Crippen LogP contribution in [0.15, 0.2) is 72.4 Å². The van der Waals surface area contributed by atoms with Gasteiger partial charge in [0.25, 0.3) is 0 Å². The Hall–Kier alpha value is -3.82. The predicted molar refractivity (Wildman–Crippen MR) is 150 cm³/mol. The van der Waals surface area contributed by atoms with Crippen LogP contribution < -0.4 is 16.4 Å². The normalized spacial score (nSPS) is 19.0. The Morgan fingerprint density at radius 1 is 1.08 bits per heavy atom. The molecule has 1 aliphatic rings. The summed E-state index contributed by atoms with van der Waals surface area (Å²) >= 11 is 0. The van der Waals surface area contributed by atoms with E-state index in [2.05, 4.69) is 71.2 Å². The molecule has 2 aromatic carbocycles. The van der Waals surface area contributed by atoms with Crippen LogP contribution in [0.2, 0.25) is 0 Å². The van der Waals surface area contributed by atoms with E-state index in [1.54, 1.807) is 10.8 Å². The number of nitrogens with two attached hydrogens (primary N) is 1. The molecule has 4 N–H and O–H groups in total. The van der Waals surface area contributed by atoms with Gasteiger partial charge in [-0.2, -0.15) is 0 Å². The van der Waals surface area contributed by atoms with Gasteiger partial charge in [-0.1, -0.05) is 73.7 Å². The number of carbonyl (C=O) groups is 2. The number of amides is 2. The van der Waals surface area contributed by atoms with Gasteiger partial charge in [0, 0.05) is 18.5 Å². The highest BCUT2D eigenvalue weighted by atomic mass is 16.5. The lowest BCUT2D eigenvalue weighted by molar-refractivity contribution is -0.121. The number of hydrogen-bond acceptors (Lipinski definition) is 6. The fraction of sp³-hybridized carbons (Fsp3) is 0.400. The number of aromatic nitrogens is 3. The predicted octanol–water partition coefficient (Wildman–Crippen LogP) is 3.35. The van der Waals surface area contributed by atoms with Crippen molar-refractivity contribution in [1.82, 2.24) is 25.6 Å². The van der Waals surface area contributed by atoms with Crippen molar-refractivity contribution in [3.8, 4) is 11.1 Å². The van der Waals surface area contributed by atoms with Crippen LogP contribution in [0, 0.1) is 0 Å². The van der Waals surface area contributed by atoms with E-state index >= 15 is 0 Å². The summed E-state index contributed by atoms with van der Waals surface area (Å²) < 4.78 is 7.99. The average molecular weight is 531 g/mol. The third-order valence-electron chi connectivity index (χ3n) is 6.98. The second-order valence-electron chi connectivity index (χ2n) is 9.98. The zero-order chi connectivity index (χ0) is 27.8. The van der Waals surface area contributed by atoms with Gasteiger partial charge in [0.05, 0.1) is 37.5 Å². The van der Waals surface area contributed by atoms with Crippen molar-refractivity contribution in [3.63, 3.8) is 0 Å². The van der Waals surface area contributed by atoms with Crippen LogP contribution in [0.3, 0.4) is 0 Å². The molecule has 0 unspecified atom stereocenters. The summed E-state index contributed by atoms with van der Waals surface area (Å²) in [5.74, 6) is -0.402. The molecular formula is C30H38N6O3. The quantitative estimate of drug-likeness (QED) is 0.349. The van der Waals surface area contributed by atoms with Gasteiger partial charge in [-0.3, -0.25) is 9.59 Å². The topological polar surface area (TPSA) is 124 Å². The fourth-order valence-electron chi connectivity index (χ4n) is 4.82. The highest BCUT2D eigenvalue weighted by molar-refractivity contribution is 5.93. The van der Waals surface area contributed by atoms with Gasteiger partial charge in [-0.05, 0) is 42.0 Å². The standard InChI is InChI=1S/C30H38N6O3/c1-4-26(5-2)39-28-16-24(15-27(31)29(28)33-20(3)37)30(38)32-17-25-19-36(35-34-25)18-21-11-13-23(14-12-21)22-9-7-6-8-10-22/h6-14,16,19,26-29H,4-5,15,17-18,31H2,1-3H3,(H,32,38)(H,33,37)/t27-,28+,29+/m0/s1. The van der Waals surface area contributed by atoms with Crippen LogP contribution in [0.1, 0.15) is 51.3 Å². The molecule has 0 saturated heterocycles. The van der Waals surface area contributed by atoms with Gasteiger partial charge in [0.1, 0.15) is 5.69 Å². The maximum absolute atomic E-state index is 13.0. The Balaban J connectivity index is 1.36. The Kier molecular flexibility index (Phi) is 9.62. The van der Waals surface area contributed by atoms with E-state index in [4.69, 9.17) is 10.5 Å². The summed E-state index contributed by atoms with van der Waals surface area (Å²) in [6.45, 7) is 6.38. The molecule has 0 saturated carbocycles. The maximum atomic E-state index is 13.0. The minimum atomic E-state index is -0.475. The first-order valence-electron chi connectivity index (χ1n) is 13.6. The van der Waals surface area contributed by atoms with Crippen molar-refractivity contribution in [2.24, 2.45) is 5.73 Å². The third-order valence-corrected chi connectivity index (χ3v) is 6.98. The number of nitrogens with zero attached hydrogens (tertiary/aromatic N) is 3. The summed E-state index contributed by atoms with van der Waals surface area (Å²) in [6.07, 6.45) is 5.17. The van der Waals surface area contributed by atoms with Crippen molar-refractivity contribution in [3.05, 3.63) is 83.7 Å². The molecule has 4 rings (SSSR count). The molecule has 0 fully saturated rings. The lowest BCUT2D eigenvalue weighted by Crippen LogP contribution is -2.57. The lowest BCUT2D eigenvalue weighted by atomic mass is 9.87. The van der Waals surface area contributed by atoms with Crippen molar-refractivity contribution < 1.29 is 14.3 Å². The fourth-order valence-corrected chi connectivity index (χ4v) is 4.82. The van der Waals surface area contributed by atoms with Crippen LogP contribution >= 0.6 is 0 Å². The first-order chi connectivity index (χ1) is 18.9. The maximum Gasteiger partial charge on any atom is 0.247 e. The zero-order valence-electron chi connectivity index (χ0n) is 22.8. The number of benzene rings is 2. The Morgan fingerprint density at radius 3 is 2.44 bits per heavy atom. The van der Waals surface area contributed by atoms with E-state index in [1.807, 2.05) is 24.4 Å². The molecule has 0 radical (unpaired) electrons. The van der Waals surface area contributed by atoms with Crippen LogP contribution in [0.4, 0.5) is 0 Å². The summed E-state index contributed by atoms with van der Waals surface area (Å²) in [7, 11) is 0. The van der Waals surface area contributed by atoms with Gasteiger partial charge >= 0.3 is 0 Å². The first-order valence-corrected chi connectivity index (χ1v) is 13.6. The molecule has 206 valence electrons. The molecule has 9 nitrogen and oxygen atoms in total. The first kappa shape index (κ1) is 28.2. The van der Waals surface area contributed by atoms with E-state index in [-0.39, 0.29) is 30.5 Å². The Labute approximate surface area is 229 Å². The van der Waals surface area contributed by atoms with E-state index in [0.29, 0.717) is 24.2 Å². The average Bonchev–Trinajstić information content (AvgIpc) is 3.39. The largest absolute Gasteiger partial charge is 0.369 e. The van der Waals surface area contributed by atoms with Crippen LogP contribution in [0.5, 0.6) is 0 Å². The van der Waals surface area contributed by atoms with Gasteiger partial charge in [-0.25, -0.2) is 4.68 Å². The molecule has 1 heterocycles. The molecular weight excluding hydrogens is 492 g/mol. The van der Waals surface area contributed by atoms with Crippen LogP contribution in [0.25, 0.3) is 11.1 Å². The minimum Gasteiger partial charge on any atom is -0.369 e. The van der Waals surface area contributed by atoms with Crippen LogP contribution in [-0.4, -0.2) is 51.1 Å². The molecule has 1 aromatic heterocycles. The number of ether oxygens (including phenoxy) is 1.